The highest BCUT2D eigenvalue weighted by Crippen LogP contribution is 2.34. The predicted octanol–water partition coefficient (Wildman–Crippen LogP) is 3.28. The molecule has 1 aliphatic rings. The van der Waals surface area contributed by atoms with Crippen LogP contribution in [0.1, 0.15) is 25.3 Å². The first-order chi connectivity index (χ1) is 12.2. The number of ether oxygens (including phenoxy) is 3. The van der Waals surface area contributed by atoms with Crippen LogP contribution in [-0.2, 0) is 6.54 Å². The van der Waals surface area contributed by atoms with Crippen LogP contribution in [0.15, 0.2) is 17.1 Å². The van der Waals surface area contributed by atoms with Gasteiger partial charge in [0.1, 0.15) is 5.75 Å². The number of methoxy groups -OCH3 is 3. The summed E-state index contributed by atoms with van der Waals surface area (Å²) in [6.07, 6.45) is 2.59. The lowest BCUT2D eigenvalue weighted by molar-refractivity contribution is 0.347. The van der Waals surface area contributed by atoms with E-state index < -0.39 is 0 Å². The van der Waals surface area contributed by atoms with Crippen LogP contribution in [0.4, 0.5) is 0 Å². The number of nitrogens with zero attached hydrogens (tertiary/aromatic N) is 1. The van der Waals surface area contributed by atoms with Gasteiger partial charge in [-0.1, -0.05) is 0 Å². The molecule has 26 heavy (non-hydrogen) atoms. The molecule has 1 fully saturated rings. The Labute approximate surface area is 177 Å². The maximum Gasteiger partial charge on any atom is 0.191 e. The van der Waals surface area contributed by atoms with E-state index in [4.69, 9.17) is 19.2 Å². The highest BCUT2D eigenvalue weighted by atomic mass is 127. The summed E-state index contributed by atoms with van der Waals surface area (Å²) in [5, 5.41) is 7.42. The van der Waals surface area contributed by atoms with Crippen molar-refractivity contribution >= 4 is 41.7 Å². The average molecular weight is 495 g/mol. The van der Waals surface area contributed by atoms with Crippen molar-refractivity contribution in [1.82, 2.24) is 10.6 Å². The predicted molar refractivity (Wildman–Crippen MR) is 120 cm³/mol. The van der Waals surface area contributed by atoms with Gasteiger partial charge in [-0.2, -0.15) is 11.8 Å². The Bertz CT molecular complexity index is 581. The minimum absolute atomic E-state index is 0. The highest BCUT2D eigenvalue weighted by Gasteiger charge is 2.16. The molecule has 0 amide bonds. The van der Waals surface area contributed by atoms with E-state index in [-0.39, 0.29) is 24.0 Å². The molecular formula is C18H30IN3O3S. The Hall–Kier alpha value is -1.03. The molecule has 0 aliphatic carbocycles. The monoisotopic (exact) mass is 495 g/mol. The summed E-state index contributed by atoms with van der Waals surface area (Å²) in [4.78, 5) is 4.69. The maximum atomic E-state index is 5.47. The molecule has 0 radical (unpaired) electrons. The van der Waals surface area contributed by atoms with Crippen LogP contribution < -0.4 is 24.8 Å². The fourth-order valence-electron chi connectivity index (χ4n) is 2.74. The third-order valence-electron chi connectivity index (χ3n) is 4.06. The number of hydrogen-bond donors (Lipinski definition) is 2. The van der Waals surface area contributed by atoms with E-state index in [2.05, 4.69) is 17.6 Å². The van der Waals surface area contributed by atoms with Gasteiger partial charge in [-0.25, -0.2) is 4.99 Å². The molecule has 0 aromatic heterocycles. The SMILES string of the molecule is CCNC(=NCc1cc(OC)c(OC)cc1OC)NCC1CCCS1.I. The summed E-state index contributed by atoms with van der Waals surface area (Å²) in [5.41, 5.74) is 0.951. The maximum absolute atomic E-state index is 5.47. The van der Waals surface area contributed by atoms with E-state index in [9.17, 15) is 0 Å². The second-order valence-electron chi connectivity index (χ2n) is 5.73. The Morgan fingerprint density at radius 3 is 2.38 bits per heavy atom. The standard InChI is InChI=1S/C18H29N3O3S.HI/c1-5-19-18(21-12-14-7-6-8-25-14)20-11-13-9-16(23-3)17(24-4)10-15(13)22-2;/h9-10,14H,5-8,11-12H2,1-4H3,(H2,19,20,21);1H. The van der Waals surface area contributed by atoms with Gasteiger partial charge in [0, 0.05) is 30.0 Å². The van der Waals surface area contributed by atoms with Crippen LogP contribution in [0.25, 0.3) is 0 Å². The summed E-state index contributed by atoms with van der Waals surface area (Å²) in [7, 11) is 4.89. The van der Waals surface area contributed by atoms with Crippen molar-refractivity contribution in [3.05, 3.63) is 17.7 Å². The molecule has 2 rings (SSSR count). The van der Waals surface area contributed by atoms with Crippen molar-refractivity contribution in [1.29, 1.82) is 0 Å². The van der Waals surface area contributed by atoms with Gasteiger partial charge in [-0.15, -0.1) is 24.0 Å². The lowest BCUT2D eigenvalue weighted by atomic mass is 10.1. The number of nitrogens with one attached hydrogen (secondary N) is 2. The molecule has 1 unspecified atom stereocenters. The molecule has 8 heteroatoms. The number of hydrogen-bond acceptors (Lipinski definition) is 5. The van der Waals surface area contributed by atoms with E-state index in [0.717, 1.165) is 30.4 Å². The number of rotatable bonds is 8. The van der Waals surface area contributed by atoms with E-state index in [0.29, 0.717) is 23.3 Å². The summed E-state index contributed by atoms with van der Waals surface area (Å²) < 4.78 is 16.2. The fourth-order valence-corrected chi connectivity index (χ4v) is 3.94. The van der Waals surface area contributed by atoms with Gasteiger partial charge >= 0.3 is 0 Å². The third-order valence-corrected chi connectivity index (χ3v) is 5.46. The van der Waals surface area contributed by atoms with E-state index >= 15 is 0 Å². The lowest BCUT2D eigenvalue weighted by Gasteiger charge is -2.16. The van der Waals surface area contributed by atoms with Crippen LogP contribution >= 0.6 is 35.7 Å². The van der Waals surface area contributed by atoms with Crippen molar-refractivity contribution in [2.24, 2.45) is 4.99 Å². The van der Waals surface area contributed by atoms with E-state index in [1.807, 2.05) is 23.9 Å². The third kappa shape index (κ3) is 6.61. The van der Waals surface area contributed by atoms with Crippen molar-refractivity contribution in [2.75, 3.05) is 40.2 Å². The number of thioether (sulfide) groups is 1. The van der Waals surface area contributed by atoms with Crippen molar-refractivity contribution in [3.63, 3.8) is 0 Å². The summed E-state index contributed by atoms with van der Waals surface area (Å²) in [6.45, 7) is 4.33. The van der Waals surface area contributed by atoms with Gasteiger partial charge in [-0.3, -0.25) is 0 Å². The Balaban J connectivity index is 0.00000338. The van der Waals surface area contributed by atoms with Crippen LogP contribution in [0, 0.1) is 0 Å². The number of guanidine groups is 1. The van der Waals surface area contributed by atoms with E-state index in [1.54, 1.807) is 21.3 Å². The smallest absolute Gasteiger partial charge is 0.191 e. The molecule has 1 aromatic rings. The van der Waals surface area contributed by atoms with Gasteiger partial charge in [0.25, 0.3) is 0 Å². The first-order valence-corrected chi connectivity index (χ1v) is 9.69. The molecule has 1 atom stereocenters. The molecule has 1 saturated heterocycles. The minimum Gasteiger partial charge on any atom is -0.496 e. The van der Waals surface area contributed by atoms with Crippen LogP contribution in [-0.4, -0.2) is 51.4 Å². The van der Waals surface area contributed by atoms with Crippen molar-refractivity contribution < 1.29 is 14.2 Å². The zero-order valence-electron chi connectivity index (χ0n) is 16.0. The number of benzene rings is 1. The molecule has 0 bridgehead atoms. The van der Waals surface area contributed by atoms with Crippen LogP contribution in [0.2, 0.25) is 0 Å². The Morgan fingerprint density at radius 2 is 1.81 bits per heavy atom. The van der Waals surface area contributed by atoms with Gasteiger partial charge in [0.05, 0.1) is 27.9 Å². The normalized spacial score (nSPS) is 16.6. The van der Waals surface area contributed by atoms with Crippen LogP contribution in [0.5, 0.6) is 17.2 Å². The molecular weight excluding hydrogens is 465 g/mol. The summed E-state index contributed by atoms with van der Waals surface area (Å²) in [5.74, 6) is 4.16. The molecule has 2 N–H and O–H groups in total. The molecule has 0 spiro atoms. The Kier molecular flexibility index (Phi) is 11.0. The quantitative estimate of drug-likeness (QED) is 0.328. The van der Waals surface area contributed by atoms with Gasteiger partial charge in [0.2, 0.25) is 0 Å². The average Bonchev–Trinajstić information content (AvgIpc) is 3.16. The number of halogens is 1. The molecule has 0 saturated carbocycles. The Morgan fingerprint density at radius 1 is 1.12 bits per heavy atom. The van der Waals surface area contributed by atoms with Gasteiger partial charge in [0.15, 0.2) is 17.5 Å². The molecule has 1 heterocycles. The fraction of sp³-hybridized carbons (Fsp3) is 0.611. The highest BCUT2D eigenvalue weighted by molar-refractivity contribution is 14.0. The summed E-state index contributed by atoms with van der Waals surface area (Å²) >= 11 is 2.04. The zero-order chi connectivity index (χ0) is 18.1. The number of aliphatic imine (C=N–C) groups is 1. The van der Waals surface area contributed by atoms with Crippen LogP contribution in [0.3, 0.4) is 0 Å². The molecule has 6 nitrogen and oxygen atoms in total. The first-order valence-electron chi connectivity index (χ1n) is 8.64. The zero-order valence-corrected chi connectivity index (χ0v) is 19.1. The molecule has 1 aliphatic heterocycles. The second-order valence-corrected chi connectivity index (χ2v) is 7.14. The van der Waals surface area contributed by atoms with Crippen molar-refractivity contribution in [2.45, 2.75) is 31.6 Å². The molecule has 148 valence electrons. The van der Waals surface area contributed by atoms with Gasteiger partial charge < -0.3 is 24.8 Å². The largest absolute Gasteiger partial charge is 0.496 e. The van der Waals surface area contributed by atoms with Gasteiger partial charge in [-0.05, 0) is 31.6 Å². The summed E-state index contributed by atoms with van der Waals surface area (Å²) in [6, 6.07) is 3.75. The van der Waals surface area contributed by atoms with E-state index in [1.165, 1.54) is 18.6 Å². The molecule has 1 aromatic carbocycles. The first kappa shape index (κ1) is 23.0. The topological polar surface area (TPSA) is 64.1 Å². The van der Waals surface area contributed by atoms with Crippen molar-refractivity contribution in [3.8, 4) is 17.2 Å². The lowest BCUT2D eigenvalue weighted by Crippen LogP contribution is -2.40. The second kappa shape index (κ2) is 12.4. The minimum atomic E-state index is 0.